The minimum Gasteiger partial charge on any atom is -0.395 e. The molecule has 1 aliphatic carbocycles. The molecule has 1 saturated carbocycles. The molecule has 1 saturated heterocycles. The van der Waals surface area contributed by atoms with E-state index in [2.05, 4.69) is 0 Å². The lowest BCUT2D eigenvalue weighted by molar-refractivity contribution is 0.0210. The molecule has 0 bridgehead atoms. The third-order valence-electron chi connectivity index (χ3n) is 2.82. The summed E-state index contributed by atoms with van der Waals surface area (Å²) in [5.74, 6) is 0. The summed E-state index contributed by atoms with van der Waals surface area (Å²) in [6.07, 6.45) is 0.824. The van der Waals surface area contributed by atoms with E-state index in [1.165, 1.54) is 0 Å². The molecule has 3 unspecified atom stereocenters. The Morgan fingerprint density at radius 3 is 2.42 bits per heavy atom. The molecule has 70 valence electrons. The van der Waals surface area contributed by atoms with Gasteiger partial charge in [0.1, 0.15) is 0 Å². The number of hydrogen-bond donors (Lipinski definition) is 3. The summed E-state index contributed by atoms with van der Waals surface area (Å²) in [5, 5.41) is 27.8. The van der Waals surface area contributed by atoms with Gasteiger partial charge in [-0.05, 0) is 12.8 Å². The third kappa shape index (κ3) is 1.25. The maximum atomic E-state index is 9.45. The Balaban J connectivity index is 2.03. The van der Waals surface area contributed by atoms with Crippen molar-refractivity contribution in [2.45, 2.75) is 37.1 Å². The number of nitrogens with zero attached hydrogens (tertiary/aromatic N) is 1. The zero-order valence-corrected chi connectivity index (χ0v) is 6.93. The second kappa shape index (κ2) is 2.96. The van der Waals surface area contributed by atoms with Gasteiger partial charge in [-0.15, -0.1) is 0 Å². The number of hydrogen-bond acceptors (Lipinski definition) is 4. The van der Waals surface area contributed by atoms with Crippen LogP contribution in [0.25, 0.3) is 0 Å². The van der Waals surface area contributed by atoms with E-state index >= 15 is 0 Å². The Hall–Kier alpha value is -0.160. The van der Waals surface area contributed by atoms with E-state index in [9.17, 15) is 10.2 Å². The summed E-state index contributed by atoms with van der Waals surface area (Å²) >= 11 is 0. The Bertz CT molecular complexity index is 172. The number of β-amino-alcohol motifs (C(OH)–C–C–N with tert-alkyl or cyclic N) is 1. The normalized spacial score (nSPS) is 43.8. The Morgan fingerprint density at radius 2 is 1.92 bits per heavy atom. The van der Waals surface area contributed by atoms with Crippen molar-refractivity contribution in [3.05, 3.63) is 0 Å². The zero-order valence-electron chi connectivity index (χ0n) is 6.93. The molecule has 0 amide bonds. The second-order valence-electron chi connectivity index (χ2n) is 3.74. The summed E-state index contributed by atoms with van der Waals surface area (Å²) in [6, 6.07) is 0.251. The van der Waals surface area contributed by atoms with Gasteiger partial charge in [-0.25, -0.2) is 0 Å². The molecule has 2 aliphatic rings. The van der Waals surface area contributed by atoms with Crippen LogP contribution in [-0.4, -0.2) is 57.7 Å². The first-order chi connectivity index (χ1) is 5.74. The molecule has 0 aromatic heterocycles. The van der Waals surface area contributed by atoms with Crippen molar-refractivity contribution in [1.82, 2.24) is 4.90 Å². The summed E-state index contributed by atoms with van der Waals surface area (Å²) in [6.45, 7) is 0.450. The summed E-state index contributed by atoms with van der Waals surface area (Å²) < 4.78 is 0. The van der Waals surface area contributed by atoms with Gasteiger partial charge in [0.25, 0.3) is 0 Å². The van der Waals surface area contributed by atoms with Crippen molar-refractivity contribution in [2.75, 3.05) is 13.2 Å². The van der Waals surface area contributed by atoms with Crippen molar-refractivity contribution < 1.29 is 15.3 Å². The van der Waals surface area contributed by atoms with Gasteiger partial charge < -0.3 is 15.3 Å². The Morgan fingerprint density at radius 1 is 1.25 bits per heavy atom. The molecule has 1 aliphatic heterocycles. The molecule has 12 heavy (non-hydrogen) atoms. The standard InChI is InChI=1S/C8H15NO3/c10-4-6-8(12)7(11)3-9(6)5-1-2-5/h5-8,10-12H,1-4H2. The first kappa shape index (κ1) is 8.44. The van der Waals surface area contributed by atoms with E-state index in [1.807, 2.05) is 4.90 Å². The first-order valence-corrected chi connectivity index (χ1v) is 4.46. The fraction of sp³-hybridized carbons (Fsp3) is 1.00. The van der Waals surface area contributed by atoms with Gasteiger partial charge in [0, 0.05) is 12.6 Å². The second-order valence-corrected chi connectivity index (χ2v) is 3.74. The van der Waals surface area contributed by atoms with Crippen LogP contribution >= 0.6 is 0 Å². The first-order valence-electron chi connectivity index (χ1n) is 4.46. The fourth-order valence-electron chi connectivity index (χ4n) is 1.95. The third-order valence-corrected chi connectivity index (χ3v) is 2.82. The van der Waals surface area contributed by atoms with E-state index in [0.717, 1.165) is 12.8 Å². The molecule has 1 heterocycles. The van der Waals surface area contributed by atoms with E-state index < -0.39 is 12.2 Å². The van der Waals surface area contributed by atoms with Crippen molar-refractivity contribution in [3.63, 3.8) is 0 Å². The Kier molecular flexibility index (Phi) is 2.08. The van der Waals surface area contributed by atoms with Crippen LogP contribution in [0.15, 0.2) is 0 Å². The molecule has 3 atom stereocenters. The van der Waals surface area contributed by atoms with Crippen molar-refractivity contribution in [2.24, 2.45) is 0 Å². The highest BCUT2D eigenvalue weighted by atomic mass is 16.3. The highest BCUT2D eigenvalue weighted by Crippen LogP contribution is 2.33. The van der Waals surface area contributed by atoms with Gasteiger partial charge in [-0.2, -0.15) is 0 Å². The average molecular weight is 173 g/mol. The smallest absolute Gasteiger partial charge is 0.0988 e. The lowest BCUT2D eigenvalue weighted by Crippen LogP contribution is -2.40. The summed E-state index contributed by atoms with van der Waals surface area (Å²) in [4.78, 5) is 2.02. The average Bonchev–Trinajstić information content (AvgIpc) is 2.82. The van der Waals surface area contributed by atoms with Gasteiger partial charge in [0.15, 0.2) is 0 Å². The highest BCUT2D eigenvalue weighted by molar-refractivity contribution is 4.99. The summed E-state index contributed by atoms with van der Waals surface area (Å²) in [5.41, 5.74) is 0. The number of rotatable bonds is 2. The van der Waals surface area contributed by atoms with Crippen LogP contribution in [0.5, 0.6) is 0 Å². The van der Waals surface area contributed by atoms with E-state index in [-0.39, 0.29) is 12.6 Å². The van der Waals surface area contributed by atoms with Gasteiger partial charge in [0.2, 0.25) is 0 Å². The topological polar surface area (TPSA) is 63.9 Å². The zero-order chi connectivity index (χ0) is 8.72. The van der Waals surface area contributed by atoms with E-state index in [1.54, 1.807) is 0 Å². The van der Waals surface area contributed by atoms with Crippen molar-refractivity contribution >= 4 is 0 Å². The number of likely N-dealkylation sites (tertiary alicyclic amines) is 1. The molecule has 0 radical (unpaired) electrons. The van der Waals surface area contributed by atoms with Crippen LogP contribution in [0.3, 0.4) is 0 Å². The molecule has 4 heteroatoms. The summed E-state index contributed by atoms with van der Waals surface area (Å²) in [7, 11) is 0. The minimum atomic E-state index is -0.768. The van der Waals surface area contributed by atoms with Crippen LogP contribution in [0, 0.1) is 0 Å². The highest BCUT2D eigenvalue weighted by Gasteiger charge is 2.45. The molecular formula is C8H15NO3. The maximum absolute atomic E-state index is 9.45. The van der Waals surface area contributed by atoms with Crippen LogP contribution in [-0.2, 0) is 0 Å². The molecule has 0 spiro atoms. The monoisotopic (exact) mass is 173 g/mol. The van der Waals surface area contributed by atoms with Crippen LogP contribution < -0.4 is 0 Å². The SMILES string of the molecule is OCC1C(O)C(O)CN1C1CC1. The lowest BCUT2D eigenvalue weighted by Gasteiger charge is -2.23. The number of aliphatic hydroxyl groups excluding tert-OH is 3. The molecule has 2 fully saturated rings. The molecule has 3 N–H and O–H groups in total. The number of aliphatic hydroxyl groups is 3. The molecule has 0 aromatic rings. The van der Waals surface area contributed by atoms with Gasteiger partial charge in [-0.3, -0.25) is 4.90 Å². The predicted molar refractivity (Wildman–Crippen MR) is 42.6 cm³/mol. The van der Waals surface area contributed by atoms with Crippen molar-refractivity contribution in [1.29, 1.82) is 0 Å². The minimum absolute atomic E-state index is 0.0608. The Labute approximate surface area is 71.4 Å². The van der Waals surface area contributed by atoms with Gasteiger partial charge in [0.05, 0.1) is 24.9 Å². The largest absolute Gasteiger partial charge is 0.395 e. The lowest BCUT2D eigenvalue weighted by atomic mass is 10.1. The van der Waals surface area contributed by atoms with Crippen LogP contribution in [0.4, 0.5) is 0 Å². The van der Waals surface area contributed by atoms with E-state index in [4.69, 9.17) is 5.11 Å². The van der Waals surface area contributed by atoms with Crippen molar-refractivity contribution in [3.8, 4) is 0 Å². The maximum Gasteiger partial charge on any atom is 0.0988 e. The molecule has 4 nitrogen and oxygen atoms in total. The predicted octanol–water partition coefficient (Wildman–Crippen LogP) is -1.45. The van der Waals surface area contributed by atoms with E-state index in [0.29, 0.717) is 12.6 Å². The quantitative estimate of drug-likeness (QED) is 0.478. The van der Waals surface area contributed by atoms with Gasteiger partial charge in [-0.1, -0.05) is 0 Å². The molecule has 0 aromatic carbocycles. The van der Waals surface area contributed by atoms with Crippen LogP contribution in [0.2, 0.25) is 0 Å². The fourth-order valence-corrected chi connectivity index (χ4v) is 1.95. The molecule has 2 rings (SSSR count). The van der Waals surface area contributed by atoms with Crippen LogP contribution in [0.1, 0.15) is 12.8 Å². The van der Waals surface area contributed by atoms with Gasteiger partial charge >= 0.3 is 0 Å². The molecular weight excluding hydrogens is 158 g/mol.